The van der Waals surface area contributed by atoms with Gasteiger partial charge in [-0.3, -0.25) is 0 Å². The lowest BCUT2D eigenvalue weighted by molar-refractivity contribution is 0.440. The second kappa shape index (κ2) is 8.84. The van der Waals surface area contributed by atoms with Crippen LogP contribution in [-0.2, 0) is 13.0 Å². The molecule has 6 nitrogen and oxygen atoms in total. The van der Waals surface area contributed by atoms with Crippen LogP contribution in [-0.4, -0.2) is 19.7 Å². The Morgan fingerprint density at radius 3 is 2.53 bits per heavy atom. The molecular weight excluding hydrogens is 412 g/mol. The first-order valence-corrected chi connectivity index (χ1v) is 10.5. The Bertz CT molecular complexity index is 1190. The molecule has 0 fully saturated rings. The van der Waals surface area contributed by atoms with Gasteiger partial charge in [0, 0.05) is 42.3 Å². The summed E-state index contributed by atoms with van der Waals surface area (Å²) >= 11 is 0. The van der Waals surface area contributed by atoms with Crippen molar-refractivity contribution >= 4 is 0 Å². The van der Waals surface area contributed by atoms with E-state index in [4.69, 9.17) is 4.74 Å². The maximum Gasteiger partial charge on any atom is 0.321 e. The van der Waals surface area contributed by atoms with Gasteiger partial charge in [0.25, 0.3) is 0 Å². The standard InChI is InChI=1S/C24H21F2N5O/c25-17-11-18(26)13-19(12-17)31-23-4-1-3-22(21(23)15-30-31)29-14-16-5-7-20(8-6-16)32-24-27-9-2-10-28-24/h2,5-13,15,22,29H,1,3-4,14H2/t22-/m0/s1. The molecule has 0 saturated carbocycles. The number of halogens is 2. The second-order valence-electron chi connectivity index (χ2n) is 7.69. The van der Waals surface area contributed by atoms with Gasteiger partial charge in [-0.15, -0.1) is 0 Å². The van der Waals surface area contributed by atoms with E-state index in [1.54, 1.807) is 29.3 Å². The fraction of sp³-hybridized carbons (Fsp3) is 0.208. The molecule has 2 heterocycles. The van der Waals surface area contributed by atoms with E-state index in [0.29, 0.717) is 24.0 Å². The molecule has 5 rings (SSSR count). The van der Waals surface area contributed by atoms with Crippen molar-refractivity contribution in [2.45, 2.75) is 31.8 Å². The van der Waals surface area contributed by atoms with Crippen molar-refractivity contribution in [1.29, 1.82) is 0 Å². The van der Waals surface area contributed by atoms with Gasteiger partial charge >= 0.3 is 6.01 Å². The minimum Gasteiger partial charge on any atom is -0.424 e. The molecule has 1 aliphatic carbocycles. The van der Waals surface area contributed by atoms with Gasteiger partial charge in [-0.1, -0.05) is 12.1 Å². The summed E-state index contributed by atoms with van der Waals surface area (Å²) in [5, 5.41) is 8.01. The summed E-state index contributed by atoms with van der Waals surface area (Å²) in [6, 6.07) is 13.4. The highest BCUT2D eigenvalue weighted by Gasteiger charge is 2.24. The molecular formula is C24H21F2N5O. The van der Waals surface area contributed by atoms with Gasteiger partial charge in [0.2, 0.25) is 0 Å². The molecule has 32 heavy (non-hydrogen) atoms. The quantitative estimate of drug-likeness (QED) is 0.469. The number of aromatic nitrogens is 4. The van der Waals surface area contributed by atoms with Crippen molar-refractivity contribution in [2.24, 2.45) is 0 Å². The summed E-state index contributed by atoms with van der Waals surface area (Å²) in [5.41, 5.74) is 3.58. The smallest absolute Gasteiger partial charge is 0.321 e. The molecule has 0 bridgehead atoms. The van der Waals surface area contributed by atoms with Crippen molar-refractivity contribution in [3.63, 3.8) is 0 Å². The van der Waals surface area contributed by atoms with Crippen LogP contribution in [0, 0.1) is 11.6 Å². The molecule has 4 aromatic rings. The number of ether oxygens (including phenoxy) is 1. The molecule has 1 aliphatic rings. The highest BCUT2D eigenvalue weighted by Crippen LogP contribution is 2.31. The van der Waals surface area contributed by atoms with Crippen LogP contribution >= 0.6 is 0 Å². The molecule has 162 valence electrons. The lowest BCUT2D eigenvalue weighted by Crippen LogP contribution is -2.25. The maximum atomic E-state index is 13.7. The fourth-order valence-electron chi connectivity index (χ4n) is 4.01. The Morgan fingerprint density at radius 2 is 1.78 bits per heavy atom. The van der Waals surface area contributed by atoms with Gasteiger partial charge in [0.15, 0.2) is 0 Å². The zero-order valence-corrected chi connectivity index (χ0v) is 17.2. The average Bonchev–Trinajstić information content (AvgIpc) is 3.24. The van der Waals surface area contributed by atoms with E-state index in [2.05, 4.69) is 20.4 Å². The molecule has 1 N–H and O–H groups in total. The van der Waals surface area contributed by atoms with Gasteiger partial charge in [-0.05, 0) is 55.2 Å². The molecule has 8 heteroatoms. The molecule has 0 spiro atoms. The topological polar surface area (TPSA) is 64.9 Å². The summed E-state index contributed by atoms with van der Waals surface area (Å²) in [6.45, 7) is 0.673. The highest BCUT2D eigenvalue weighted by molar-refractivity contribution is 5.38. The minimum atomic E-state index is -0.610. The minimum absolute atomic E-state index is 0.125. The zero-order chi connectivity index (χ0) is 21.9. The highest BCUT2D eigenvalue weighted by atomic mass is 19.1. The van der Waals surface area contributed by atoms with E-state index in [1.165, 1.54) is 12.1 Å². The Kier molecular flexibility index (Phi) is 5.60. The fourth-order valence-corrected chi connectivity index (χ4v) is 4.01. The summed E-state index contributed by atoms with van der Waals surface area (Å²) in [7, 11) is 0. The van der Waals surface area contributed by atoms with Crippen molar-refractivity contribution in [3.8, 4) is 17.4 Å². The largest absolute Gasteiger partial charge is 0.424 e. The number of fused-ring (bicyclic) bond motifs is 1. The lowest BCUT2D eigenvalue weighted by atomic mass is 9.92. The van der Waals surface area contributed by atoms with Crippen LogP contribution in [0.1, 0.15) is 35.7 Å². The van der Waals surface area contributed by atoms with Gasteiger partial charge in [-0.25, -0.2) is 23.4 Å². The Hall–Kier alpha value is -3.65. The zero-order valence-electron chi connectivity index (χ0n) is 17.2. The number of rotatable bonds is 6. The SMILES string of the molecule is Fc1cc(F)cc(-n2ncc3c2CCC[C@@H]3NCc2ccc(Oc3ncccn3)cc2)c1. The summed E-state index contributed by atoms with van der Waals surface area (Å²) < 4.78 is 34.6. The third-order valence-electron chi connectivity index (χ3n) is 5.50. The van der Waals surface area contributed by atoms with Crippen LogP contribution in [0.5, 0.6) is 11.8 Å². The third kappa shape index (κ3) is 4.36. The van der Waals surface area contributed by atoms with Gasteiger partial charge in [-0.2, -0.15) is 5.10 Å². The molecule has 2 aromatic heterocycles. The van der Waals surface area contributed by atoms with Crippen LogP contribution in [0.3, 0.4) is 0 Å². The number of hydrogen-bond donors (Lipinski definition) is 1. The summed E-state index contributed by atoms with van der Waals surface area (Å²) in [4.78, 5) is 8.11. The first kappa shape index (κ1) is 20.3. The van der Waals surface area contributed by atoms with E-state index in [-0.39, 0.29) is 6.04 Å². The predicted molar refractivity (Wildman–Crippen MR) is 115 cm³/mol. The second-order valence-corrected chi connectivity index (χ2v) is 7.69. The van der Waals surface area contributed by atoms with E-state index >= 15 is 0 Å². The molecule has 0 unspecified atom stereocenters. The number of hydrogen-bond acceptors (Lipinski definition) is 5. The average molecular weight is 433 g/mol. The first-order valence-electron chi connectivity index (χ1n) is 10.5. The van der Waals surface area contributed by atoms with Crippen LogP contribution in [0.2, 0.25) is 0 Å². The van der Waals surface area contributed by atoms with Gasteiger partial charge < -0.3 is 10.1 Å². The predicted octanol–water partition coefficient (Wildman–Crippen LogP) is 4.90. The lowest BCUT2D eigenvalue weighted by Gasteiger charge is -2.24. The van der Waals surface area contributed by atoms with Gasteiger partial charge in [0.05, 0.1) is 11.9 Å². The third-order valence-corrected chi connectivity index (χ3v) is 5.50. The van der Waals surface area contributed by atoms with Crippen LogP contribution in [0.15, 0.2) is 67.1 Å². The monoisotopic (exact) mass is 433 g/mol. The normalized spacial score (nSPS) is 15.4. The van der Waals surface area contributed by atoms with Crippen molar-refractivity contribution in [3.05, 3.63) is 95.6 Å². The molecule has 2 aromatic carbocycles. The molecule has 0 aliphatic heterocycles. The van der Waals surface area contributed by atoms with Crippen LogP contribution < -0.4 is 10.1 Å². The Balaban J connectivity index is 1.27. The van der Waals surface area contributed by atoms with E-state index in [0.717, 1.165) is 42.1 Å². The maximum absolute atomic E-state index is 13.7. The van der Waals surface area contributed by atoms with Crippen LogP contribution in [0.4, 0.5) is 8.78 Å². The molecule has 0 saturated heterocycles. The first-order chi connectivity index (χ1) is 15.7. The summed E-state index contributed by atoms with van der Waals surface area (Å²) in [5.74, 6) is -0.550. The number of nitrogens with zero attached hydrogens (tertiary/aromatic N) is 4. The van der Waals surface area contributed by atoms with E-state index in [9.17, 15) is 8.78 Å². The van der Waals surface area contributed by atoms with Crippen molar-refractivity contribution in [2.75, 3.05) is 0 Å². The van der Waals surface area contributed by atoms with Crippen molar-refractivity contribution < 1.29 is 13.5 Å². The number of nitrogens with one attached hydrogen (secondary N) is 1. The number of benzene rings is 2. The molecule has 0 radical (unpaired) electrons. The van der Waals surface area contributed by atoms with E-state index in [1.807, 2.05) is 24.3 Å². The molecule has 0 amide bonds. The van der Waals surface area contributed by atoms with Crippen molar-refractivity contribution in [1.82, 2.24) is 25.1 Å². The van der Waals surface area contributed by atoms with E-state index < -0.39 is 11.6 Å². The molecule has 1 atom stereocenters. The van der Waals surface area contributed by atoms with Gasteiger partial charge in [0.1, 0.15) is 17.4 Å². The summed E-state index contributed by atoms with van der Waals surface area (Å²) in [6.07, 6.45) is 7.82. The van der Waals surface area contributed by atoms with Crippen LogP contribution in [0.25, 0.3) is 5.69 Å². The Labute approximate surface area is 183 Å². The Morgan fingerprint density at radius 1 is 1.03 bits per heavy atom.